The van der Waals surface area contributed by atoms with Crippen LogP contribution in [0.25, 0.3) is 0 Å². The van der Waals surface area contributed by atoms with E-state index >= 15 is 0 Å². The molecule has 0 aliphatic carbocycles. The molecule has 0 radical (unpaired) electrons. The molecule has 162 valence electrons. The number of hydrogen-bond donors (Lipinski definition) is 1. The molecule has 1 aliphatic heterocycles. The van der Waals surface area contributed by atoms with E-state index in [0.29, 0.717) is 13.1 Å². The van der Waals surface area contributed by atoms with Crippen LogP contribution in [0.2, 0.25) is 0 Å². The molecule has 2 atom stereocenters. The number of hydrogen-bond acceptors (Lipinski definition) is 4. The predicted molar refractivity (Wildman–Crippen MR) is 123 cm³/mol. The van der Waals surface area contributed by atoms with E-state index in [0.717, 1.165) is 36.6 Å². The molecule has 1 saturated heterocycles. The maximum absolute atomic E-state index is 13.2. The Bertz CT molecular complexity index is 802. The summed E-state index contributed by atoms with van der Waals surface area (Å²) in [4.78, 5) is 19.5. The second-order valence-corrected chi connectivity index (χ2v) is 8.32. The lowest BCUT2D eigenvalue weighted by Gasteiger charge is -2.37. The van der Waals surface area contributed by atoms with Crippen LogP contribution in [0.5, 0.6) is 0 Å². The highest BCUT2D eigenvalue weighted by Crippen LogP contribution is 2.29. The zero-order valence-electron chi connectivity index (χ0n) is 18.5. The van der Waals surface area contributed by atoms with Gasteiger partial charge >= 0.3 is 6.03 Å². The van der Waals surface area contributed by atoms with Crippen LogP contribution in [0.3, 0.4) is 0 Å². The van der Waals surface area contributed by atoms with Gasteiger partial charge in [0.25, 0.3) is 0 Å². The van der Waals surface area contributed by atoms with E-state index in [1.54, 1.807) is 0 Å². The Labute approximate surface area is 180 Å². The molecule has 1 heterocycles. The van der Waals surface area contributed by atoms with Crippen molar-refractivity contribution in [1.82, 2.24) is 9.80 Å². The smallest absolute Gasteiger partial charge is 0.322 e. The minimum absolute atomic E-state index is 0.0810. The number of urea groups is 1. The number of para-hydroxylation sites is 2. The van der Waals surface area contributed by atoms with Crippen molar-refractivity contribution in [2.75, 3.05) is 50.5 Å². The zero-order chi connectivity index (χ0) is 21.5. The van der Waals surface area contributed by atoms with E-state index in [4.69, 9.17) is 4.74 Å². The SMILES string of the molecule is CC1CN(c2ccccc2NC(=O)N(CCN(C)C)Cc2ccccc2)CC(C)O1. The zero-order valence-corrected chi connectivity index (χ0v) is 18.5. The Kier molecular flexibility index (Phi) is 7.71. The highest BCUT2D eigenvalue weighted by molar-refractivity contribution is 5.93. The summed E-state index contributed by atoms with van der Waals surface area (Å²) < 4.78 is 5.88. The minimum atomic E-state index is -0.0810. The van der Waals surface area contributed by atoms with Crippen molar-refractivity contribution in [2.24, 2.45) is 0 Å². The molecule has 0 aromatic heterocycles. The Balaban J connectivity index is 1.76. The van der Waals surface area contributed by atoms with Gasteiger partial charge in [-0.15, -0.1) is 0 Å². The number of nitrogens with one attached hydrogen (secondary N) is 1. The number of benzene rings is 2. The molecule has 6 nitrogen and oxygen atoms in total. The van der Waals surface area contributed by atoms with E-state index in [1.165, 1.54) is 0 Å². The first-order chi connectivity index (χ1) is 14.4. The number of anilines is 2. The molecule has 0 spiro atoms. The highest BCUT2D eigenvalue weighted by Gasteiger charge is 2.25. The van der Waals surface area contributed by atoms with Crippen LogP contribution in [0.4, 0.5) is 16.2 Å². The number of morpholine rings is 1. The molecule has 2 aromatic carbocycles. The quantitative estimate of drug-likeness (QED) is 0.752. The first-order valence-corrected chi connectivity index (χ1v) is 10.7. The number of likely N-dealkylation sites (N-methyl/N-ethyl adjacent to an activating group) is 1. The van der Waals surface area contributed by atoms with Gasteiger partial charge in [0.15, 0.2) is 0 Å². The Morgan fingerprint density at radius 2 is 1.63 bits per heavy atom. The highest BCUT2D eigenvalue weighted by atomic mass is 16.5. The lowest BCUT2D eigenvalue weighted by molar-refractivity contribution is -0.00517. The standard InChI is InChI=1S/C24H34N4O2/c1-19-16-28(17-20(2)30-19)23-13-9-8-12-22(23)25-24(29)27(15-14-26(3)4)18-21-10-6-5-7-11-21/h5-13,19-20H,14-18H2,1-4H3,(H,25,29). The molecular formula is C24H34N4O2. The summed E-state index contributed by atoms with van der Waals surface area (Å²) in [5.74, 6) is 0. The average Bonchev–Trinajstić information content (AvgIpc) is 2.71. The third kappa shape index (κ3) is 6.21. The van der Waals surface area contributed by atoms with Crippen molar-refractivity contribution in [1.29, 1.82) is 0 Å². The van der Waals surface area contributed by atoms with Gasteiger partial charge in [0.05, 0.1) is 23.6 Å². The monoisotopic (exact) mass is 410 g/mol. The van der Waals surface area contributed by atoms with Gasteiger partial charge in [-0.1, -0.05) is 42.5 Å². The van der Waals surface area contributed by atoms with Gasteiger partial charge in [-0.25, -0.2) is 4.79 Å². The fraction of sp³-hybridized carbons (Fsp3) is 0.458. The number of carbonyl (C=O) groups is 1. The van der Waals surface area contributed by atoms with Crippen molar-refractivity contribution in [3.8, 4) is 0 Å². The number of nitrogens with zero attached hydrogens (tertiary/aromatic N) is 3. The van der Waals surface area contributed by atoms with E-state index in [-0.39, 0.29) is 18.2 Å². The molecule has 1 aliphatic rings. The first kappa shape index (κ1) is 22.1. The molecule has 2 amide bonds. The molecule has 0 bridgehead atoms. The second kappa shape index (κ2) is 10.5. The molecular weight excluding hydrogens is 376 g/mol. The lowest BCUT2D eigenvalue weighted by atomic mass is 10.1. The number of ether oxygens (including phenoxy) is 1. The van der Waals surface area contributed by atoms with Crippen molar-refractivity contribution >= 4 is 17.4 Å². The number of amides is 2. The van der Waals surface area contributed by atoms with Crippen molar-refractivity contribution in [2.45, 2.75) is 32.6 Å². The van der Waals surface area contributed by atoms with Gasteiger partial charge in [-0.2, -0.15) is 0 Å². The van der Waals surface area contributed by atoms with Gasteiger partial charge in [0.2, 0.25) is 0 Å². The molecule has 3 rings (SSSR count). The maximum Gasteiger partial charge on any atom is 0.322 e. The molecule has 2 unspecified atom stereocenters. The van der Waals surface area contributed by atoms with Gasteiger partial charge in [0.1, 0.15) is 0 Å². The van der Waals surface area contributed by atoms with Crippen LogP contribution in [-0.2, 0) is 11.3 Å². The van der Waals surface area contributed by atoms with E-state index < -0.39 is 0 Å². The van der Waals surface area contributed by atoms with Crippen LogP contribution in [0.1, 0.15) is 19.4 Å². The summed E-state index contributed by atoms with van der Waals surface area (Å²) in [6.07, 6.45) is 0.319. The maximum atomic E-state index is 13.2. The predicted octanol–water partition coefficient (Wildman–Crippen LogP) is 3.90. The summed E-state index contributed by atoms with van der Waals surface area (Å²) in [5, 5.41) is 3.17. The molecule has 2 aromatic rings. The average molecular weight is 411 g/mol. The van der Waals surface area contributed by atoms with Crippen LogP contribution in [0.15, 0.2) is 54.6 Å². The summed E-state index contributed by atoms with van der Waals surface area (Å²) >= 11 is 0. The Morgan fingerprint density at radius 1 is 1.00 bits per heavy atom. The summed E-state index contributed by atoms with van der Waals surface area (Å²) in [6.45, 7) is 7.84. The van der Waals surface area contributed by atoms with E-state index in [2.05, 4.69) is 47.2 Å². The summed E-state index contributed by atoms with van der Waals surface area (Å²) in [6, 6.07) is 18.1. The third-order valence-electron chi connectivity index (χ3n) is 5.23. The molecule has 0 saturated carbocycles. The Hall–Kier alpha value is -2.57. The fourth-order valence-corrected chi connectivity index (χ4v) is 3.80. The Morgan fingerprint density at radius 3 is 2.30 bits per heavy atom. The van der Waals surface area contributed by atoms with Gasteiger partial charge in [-0.05, 0) is 45.6 Å². The van der Waals surface area contributed by atoms with Crippen LogP contribution >= 0.6 is 0 Å². The van der Waals surface area contributed by atoms with Crippen LogP contribution in [-0.4, -0.2) is 68.3 Å². The number of carbonyl (C=O) groups excluding carboxylic acids is 1. The van der Waals surface area contributed by atoms with Gasteiger partial charge < -0.3 is 24.8 Å². The molecule has 6 heteroatoms. The van der Waals surface area contributed by atoms with Crippen molar-refractivity contribution < 1.29 is 9.53 Å². The molecule has 30 heavy (non-hydrogen) atoms. The van der Waals surface area contributed by atoms with E-state index in [9.17, 15) is 4.79 Å². The second-order valence-electron chi connectivity index (χ2n) is 8.32. The first-order valence-electron chi connectivity index (χ1n) is 10.7. The van der Waals surface area contributed by atoms with Gasteiger partial charge in [-0.3, -0.25) is 0 Å². The largest absolute Gasteiger partial charge is 0.372 e. The van der Waals surface area contributed by atoms with Crippen LogP contribution < -0.4 is 10.2 Å². The number of rotatable bonds is 7. The normalized spacial score (nSPS) is 19.0. The van der Waals surface area contributed by atoms with Crippen LogP contribution in [0, 0.1) is 0 Å². The van der Waals surface area contributed by atoms with Crippen molar-refractivity contribution in [3.05, 3.63) is 60.2 Å². The molecule has 1 fully saturated rings. The summed E-state index contributed by atoms with van der Waals surface area (Å²) in [7, 11) is 4.04. The fourth-order valence-electron chi connectivity index (χ4n) is 3.80. The lowest BCUT2D eigenvalue weighted by Crippen LogP contribution is -2.46. The third-order valence-corrected chi connectivity index (χ3v) is 5.23. The van der Waals surface area contributed by atoms with Crippen molar-refractivity contribution in [3.63, 3.8) is 0 Å². The summed E-state index contributed by atoms with van der Waals surface area (Å²) in [5.41, 5.74) is 3.00. The van der Waals surface area contributed by atoms with Gasteiger partial charge in [0, 0.05) is 32.7 Å². The molecule has 1 N–H and O–H groups in total. The minimum Gasteiger partial charge on any atom is -0.372 e. The van der Waals surface area contributed by atoms with E-state index in [1.807, 2.05) is 55.4 Å². The topological polar surface area (TPSA) is 48.1 Å².